The monoisotopic (exact) mass is 484 g/mol. The van der Waals surface area contributed by atoms with E-state index in [1.165, 1.54) is 18.9 Å². The number of fused-ring (bicyclic) bond motifs is 1. The number of carbonyl (C=O) groups is 1. The van der Waals surface area contributed by atoms with Gasteiger partial charge in [-0.15, -0.1) is 0 Å². The summed E-state index contributed by atoms with van der Waals surface area (Å²) < 4.78 is 29.9. The number of amidine groups is 1. The summed E-state index contributed by atoms with van der Waals surface area (Å²) in [5, 5.41) is 1.20. The first-order chi connectivity index (χ1) is 14.3. The van der Waals surface area contributed by atoms with Gasteiger partial charge < -0.3 is 9.64 Å². The topological polar surface area (TPSA) is 76.0 Å². The number of hydrogen-bond donors (Lipinski definition) is 0. The summed E-state index contributed by atoms with van der Waals surface area (Å²) >= 11 is 13.7. The van der Waals surface area contributed by atoms with E-state index in [2.05, 4.69) is 4.99 Å². The second-order valence-electron chi connectivity index (χ2n) is 7.04. The molecule has 0 saturated carbocycles. The van der Waals surface area contributed by atoms with Gasteiger partial charge in [0.1, 0.15) is 5.75 Å². The van der Waals surface area contributed by atoms with E-state index in [4.69, 9.17) is 27.9 Å². The molecule has 0 aliphatic carbocycles. The van der Waals surface area contributed by atoms with Crippen LogP contribution in [0.4, 0.5) is 5.69 Å². The molecule has 2 atom stereocenters. The summed E-state index contributed by atoms with van der Waals surface area (Å²) in [5.74, 6) is 0.188. The molecule has 0 spiro atoms. The Morgan fingerprint density at radius 2 is 2.00 bits per heavy atom. The van der Waals surface area contributed by atoms with Crippen molar-refractivity contribution in [2.24, 2.45) is 4.99 Å². The third kappa shape index (κ3) is 4.32. The van der Waals surface area contributed by atoms with Crippen molar-refractivity contribution in [2.75, 3.05) is 23.5 Å². The number of hydrogen-bond acceptors (Lipinski definition) is 5. The van der Waals surface area contributed by atoms with Crippen LogP contribution < -0.4 is 9.64 Å². The van der Waals surface area contributed by atoms with Crippen LogP contribution in [0, 0.1) is 0 Å². The third-order valence-electron chi connectivity index (χ3n) is 4.99. The molecule has 30 heavy (non-hydrogen) atoms. The average molecular weight is 485 g/mol. The minimum Gasteiger partial charge on any atom is -0.495 e. The summed E-state index contributed by atoms with van der Waals surface area (Å²) in [4.78, 5) is 18.8. The Hall–Kier alpha value is -1.74. The van der Waals surface area contributed by atoms with Gasteiger partial charge in [-0.05, 0) is 29.8 Å². The second-order valence-corrected chi connectivity index (χ2v) is 11.2. The van der Waals surface area contributed by atoms with E-state index in [9.17, 15) is 13.2 Å². The molecule has 2 aromatic carbocycles. The number of thioether (sulfide) groups is 1. The molecule has 2 aliphatic heterocycles. The third-order valence-corrected chi connectivity index (χ3v) is 8.80. The van der Waals surface area contributed by atoms with Crippen LogP contribution >= 0.6 is 35.0 Å². The highest BCUT2D eigenvalue weighted by molar-refractivity contribution is 8.16. The number of nitrogens with zero attached hydrogens (tertiary/aromatic N) is 2. The van der Waals surface area contributed by atoms with Crippen molar-refractivity contribution in [3.63, 3.8) is 0 Å². The molecule has 10 heteroatoms. The second kappa shape index (κ2) is 8.42. The molecular formula is C20H18Cl2N2O4S2. The molecule has 2 aromatic rings. The zero-order valence-corrected chi connectivity index (χ0v) is 19.1. The zero-order chi connectivity index (χ0) is 21.5. The number of methoxy groups -OCH3 is 1. The Kier molecular flexibility index (Phi) is 6.03. The molecule has 0 aromatic heterocycles. The van der Waals surface area contributed by atoms with Gasteiger partial charge in [-0.25, -0.2) is 8.42 Å². The van der Waals surface area contributed by atoms with Gasteiger partial charge in [-0.1, -0.05) is 53.2 Å². The lowest BCUT2D eigenvalue weighted by atomic mass is 10.1. The lowest BCUT2D eigenvalue weighted by molar-refractivity contribution is -0.117. The van der Waals surface area contributed by atoms with Crippen LogP contribution in [0.15, 0.2) is 47.5 Å². The summed E-state index contributed by atoms with van der Waals surface area (Å²) in [6, 6.07) is 11.9. The highest BCUT2D eigenvalue weighted by atomic mass is 35.5. The average Bonchev–Trinajstić information content (AvgIpc) is 3.14. The van der Waals surface area contributed by atoms with E-state index < -0.39 is 9.84 Å². The van der Waals surface area contributed by atoms with E-state index >= 15 is 0 Å². The van der Waals surface area contributed by atoms with Crippen LogP contribution in [0.3, 0.4) is 0 Å². The fraction of sp³-hybridized carbons (Fsp3) is 0.300. The van der Waals surface area contributed by atoms with E-state index in [0.29, 0.717) is 32.2 Å². The maximum Gasteiger partial charge on any atom is 0.252 e. The van der Waals surface area contributed by atoms with E-state index in [0.717, 1.165) is 0 Å². The fourth-order valence-electron chi connectivity index (χ4n) is 3.65. The fourth-order valence-corrected chi connectivity index (χ4v) is 7.94. The SMILES string of the molecule is COc1ccc(Cl)cc1N1C(=NC(=O)Cc2ccccc2Cl)S[C@@H]2CS(=O)(=O)C[C@@H]21. The molecule has 6 nitrogen and oxygen atoms in total. The largest absolute Gasteiger partial charge is 0.495 e. The first kappa shape index (κ1) is 21.5. The predicted octanol–water partition coefficient (Wildman–Crippen LogP) is 3.85. The molecule has 0 bridgehead atoms. The maximum absolute atomic E-state index is 12.7. The molecule has 2 saturated heterocycles. The van der Waals surface area contributed by atoms with E-state index in [1.54, 1.807) is 41.3 Å². The van der Waals surface area contributed by atoms with Crippen molar-refractivity contribution in [3.8, 4) is 5.75 Å². The minimum absolute atomic E-state index is 0.0158. The Morgan fingerprint density at radius 3 is 2.73 bits per heavy atom. The Balaban J connectivity index is 1.71. The van der Waals surface area contributed by atoms with Crippen LogP contribution in [-0.4, -0.2) is 49.4 Å². The molecule has 2 heterocycles. The molecule has 0 N–H and O–H groups in total. The standard InChI is InChI=1S/C20H18Cl2N2O4S2/c1-28-17-7-6-13(21)9-15(17)24-16-10-30(26,27)11-18(16)29-20(24)23-19(25)8-12-4-2-3-5-14(12)22/h2-7,9,16,18H,8,10-11H2,1H3/t16-,18+/m0/s1. The van der Waals surface area contributed by atoms with Crippen molar-refractivity contribution in [1.29, 1.82) is 0 Å². The van der Waals surface area contributed by atoms with E-state index in [-0.39, 0.29) is 35.1 Å². The van der Waals surface area contributed by atoms with Gasteiger partial charge in [0.05, 0.1) is 36.8 Å². The molecule has 4 rings (SSSR count). The lowest BCUT2D eigenvalue weighted by Gasteiger charge is -2.26. The normalized spacial score (nSPS) is 23.6. The number of anilines is 1. The summed E-state index contributed by atoms with van der Waals surface area (Å²) in [5.41, 5.74) is 1.28. The highest BCUT2D eigenvalue weighted by Crippen LogP contribution is 2.44. The Labute approximate surface area is 189 Å². The number of halogens is 2. The Bertz CT molecular complexity index is 1140. The van der Waals surface area contributed by atoms with Crippen molar-refractivity contribution in [2.45, 2.75) is 17.7 Å². The van der Waals surface area contributed by atoms with Crippen molar-refractivity contribution in [1.82, 2.24) is 0 Å². The van der Waals surface area contributed by atoms with Gasteiger partial charge in [0.15, 0.2) is 15.0 Å². The van der Waals surface area contributed by atoms with Gasteiger partial charge in [0.25, 0.3) is 5.91 Å². The van der Waals surface area contributed by atoms with Crippen LogP contribution in [0.1, 0.15) is 5.56 Å². The predicted molar refractivity (Wildman–Crippen MR) is 122 cm³/mol. The van der Waals surface area contributed by atoms with Crippen LogP contribution in [0.2, 0.25) is 10.0 Å². The Morgan fingerprint density at radius 1 is 1.23 bits per heavy atom. The first-order valence-corrected chi connectivity index (χ1v) is 12.6. The smallest absolute Gasteiger partial charge is 0.252 e. The van der Waals surface area contributed by atoms with Crippen molar-refractivity contribution < 1.29 is 17.9 Å². The number of benzene rings is 2. The molecule has 0 radical (unpaired) electrons. The van der Waals surface area contributed by atoms with E-state index in [1.807, 2.05) is 6.07 Å². The molecule has 158 valence electrons. The van der Waals surface area contributed by atoms with Crippen molar-refractivity contribution in [3.05, 3.63) is 58.1 Å². The minimum atomic E-state index is -3.18. The molecule has 1 amide bonds. The van der Waals surface area contributed by atoms with Gasteiger partial charge >= 0.3 is 0 Å². The highest BCUT2D eigenvalue weighted by Gasteiger charge is 2.50. The molecule has 2 aliphatic rings. The number of rotatable bonds is 4. The van der Waals surface area contributed by atoms with Gasteiger partial charge in [0, 0.05) is 15.3 Å². The maximum atomic E-state index is 12.7. The zero-order valence-electron chi connectivity index (χ0n) is 15.9. The summed E-state index contributed by atoms with van der Waals surface area (Å²) in [7, 11) is -1.65. The number of amides is 1. The molecule has 2 fully saturated rings. The van der Waals surface area contributed by atoms with Crippen molar-refractivity contribution >= 4 is 61.6 Å². The van der Waals surface area contributed by atoms with Crippen LogP contribution in [0.5, 0.6) is 5.75 Å². The number of ether oxygens (including phenoxy) is 1. The first-order valence-electron chi connectivity index (χ1n) is 9.12. The molecule has 0 unspecified atom stereocenters. The number of aliphatic imine (C=N–C) groups is 1. The lowest BCUT2D eigenvalue weighted by Crippen LogP contribution is -2.38. The van der Waals surface area contributed by atoms with Gasteiger partial charge in [-0.2, -0.15) is 4.99 Å². The van der Waals surface area contributed by atoms with Crippen LogP contribution in [0.25, 0.3) is 0 Å². The number of carbonyl (C=O) groups excluding carboxylic acids is 1. The van der Waals surface area contributed by atoms with Gasteiger partial charge in [-0.3, -0.25) is 4.79 Å². The van der Waals surface area contributed by atoms with Crippen LogP contribution in [-0.2, 0) is 21.1 Å². The molecular weight excluding hydrogens is 467 g/mol. The summed E-state index contributed by atoms with van der Waals surface area (Å²) in [6.45, 7) is 0. The quantitative estimate of drug-likeness (QED) is 0.655. The van der Waals surface area contributed by atoms with Gasteiger partial charge in [0.2, 0.25) is 0 Å². The number of sulfone groups is 1. The summed E-state index contributed by atoms with van der Waals surface area (Å²) in [6.07, 6.45) is 0.0535.